The predicted molar refractivity (Wildman–Crippen MR) is 124 cm³/mol. The summed E-state index contributed by atoms with van der Waals surface area (Å²) in [6.45, 7) is 1.28. The quantitative estimate of drug-likeness (QED) is 0.631. The zero-order valence-electron chi connectivity index (χ0n) is 19.5. The van der Waals surface area contributed by atoms with Crippen LogP contribution in [0.3, 0.4) is 0 Å². The number of amides is 1. The van der Waals surface area contributed by atoms with E-state index in [-0.39, 0.29) is 24.5 Å². The highest BCUT2D eigenvalue weighted by Gasteiger charge is 2.39. The molecule has 7 nitrogen and oxygen atoms in total. The molecule has 2 atom stereocenters. The molecule has 10 heteroatoms. The molecule has 3 heterocycles. The Labute approximate surface area is 201 Å². The number of ether oxygens (including phenoxy) is 1. The number of hydrogen-bond donors (Lipinski definition) is 1. The van der Waals surface area contributed by atoms with Gasteiger partial charge in [-0.1, -0.05) is 0 Å². The van der Waals surface area contributed by atoms with Crippen molar-refractivity contribution in [3.8, 4) is 0 Å². The van der Waals surface area contributed by atoms with Gasteiger partial charge in [-0.25, -0.2) is 4.99 Å². The van der Waals surface area contributed by atoms with Gasteiger partial charge in [0.05, 0.1) is 42.2 Å². The molecule has 1 aliphatic carbocycles. The molecule has 1 saturated carbocycles. The normalized spacial score (nSPS) is 20.2. The SMILES string of the molecule is COC[C@@H](C1CC1)N(Cc1ccc(C(F)(F)F)cn1)C(=O)c1ccc2c(c1)C1CCCN1C(N)=N2. The summed E-state index contributed by atoms with van der Waals surface area (Å²) in [4.78, 5) is 26.1. The molecule has 0 spiro atoms. The molecule has 1 aromatic heterocycles. The summed E-state index contributed by atoms with van der Waals surface area (Å²) >= 11 is 0. The number of rotatable bonds is 7. The smallest absolute Gasteiger partial charge is 0.383 e. The highest BCUT2D eigenvalue weighted by molar-refractivity contribution is 5.96. The minimum absolute atomic E-state index is 0.0958. The van der Waals surface area contributed by atoms with Gasteiger partial charge in [0.25, 0.3) is 5.91 Å². The van der Waals surface area contributed by atoms with E-state index in [0.29, 0.717) is 29.7 Å². The monoisotopic (exact) mass is 487 g/mol. The molecule has 1 amide bonds. The zero-order chi connectivity index (χ0) is 24.7. The Bertz CT molecular complexity index is 1130. The van der Waals surface area contributed by atoms with Gasteiger partial charge < -0.3 is 20.3 Å². The number of halogens is 3. The lowest BCUT2D eigenvalue weighted by Gasteiger charge is -2.33. The van der Waals surface area contributed by atoms with Crippen molar-refractivity contribution < 1.29 is 22.7 Å². The number of nitrogens with two attached hydrogens (primary N) is 1. The number of nitrogens with zero attached hydrogens (tertiary/aromatic N) is 4. The summed E-state index contributed by atoms with van der Waals surface area (Å²) in [7, 11) is 1.59. The number of carbonyl (C=O) groups excluding carboxylic acids is 1. The van der Waals surface area contributed by atoms with E-state index in [4.69, 9.17) is 10.5 Å². The Balaban J connectivity index is 1.46. The molecule has 2 aliphatic heterocycles. The molecule has 35 heavy (non-hydrogen) atoms. The topological polar surface area (TPSA) is 84.0 Å². The van der Waals surface area contributed by atoms with Crippen molar-refractivity contribution in [2.75, 3.05) is 20.3 Å². The molecule has 1 saturated heterocycles. The van der Waals surface area contributed by atoms with Crippen molar-refractivity contribution in [2.24, 2.45) is 16.6 Å². The van der Waals surface area contributed by atoms with Crippen LogP contribution >= 0.6 is 0 Å². The van der Waals surface area contributed by atoms with E-state index in [0.717, 1.165) is 55.7 Å². The number of guanidine groups is 1. The van der Waals surface area contributed by atoms with Gasteiger partial charge in [-0.05, 0) is 61.9 Å². The predicted octanol–water partition coefficient (Wildman–Crippen LogP) is 4.26. The lowest BCUT2D eigenvalue weighted by molar-refractivity contribution is -0.137. The van der Waals surface area contributed by atoms with Crippen LogP contribution < -0.4 is 5.73 Å². The fourth-order valence-corrected chi connectivity index (χ4v) is 5.11. The Morgan fingerprint density at radius 3 is 2.71 bits per heavy atom. The summed E-state index contributed by atoms with van der Waals surface area (Å²) < 4.78 is 44.4. The third kappa shape index (κ3) is 4.71. The molecule has 1 unspecified atom stereocenters. The minimum atomic E-state index is -4.46. The Hall–Kier alpha value is -3.14. The number of benzene rings is 1. The molecule has 5 rings (SSSR count). The number of carbonyl (C=O) groups is 1. The fourth-order valence-electron chi connectivity index (χ4n) is 5.11. The first-order valence-corrected chi connectivity index (χ1v) is 11.8. The number of fused-ring (bicyclic) bond motifs is 3. The maximum absolute atomic E-state index is 13.9. The maximum Gasteiger partial charge on any atom is 0.417 e. The van der Waals surface area contributed by atoms with Gasteiger partial charge in [0.2, 0.25) is 0 Å². The largest absolute Gasteiger partial charge is 0.417 e. The van der Waals surface area contributed by atoms with Crippen molar-refractivity contribution in [3.63, 3.8) is 0 Å². The van der Waals surface area contributed by atoms with E-state index >= 15 is 0 Å². The van der Waals surface area contributed by atoms with Crippen LogP contribution in [-0.2, 0) is 17.5 Å². The van der Waals surface area contributed by atoms with E-state index in [1.54, 1.807) is 18.1 Å². The molecule has 2 aromatic rings. The molecule has 2 fully saturated rings. The highest BCUT2D eigenvalue weighted by atomic mass is 19.4. The average molecular weight is 488 g/mol. The fraction of sp³-hybridized carbons (Fsp3) is 0.480. The molecule has 2 N–H and O–H groups in total. The van der Waals surface area contributed by atoms with Gasteiger partial charge in [0, 0.05) is 31.0 Å². The third-order valence-electron chi connectivity index (χ3n) is 7.06. The van der Waals surface area contributed by atoms with Gasteiger partial charge in [-0.15, -0.1) is 0 Å². The number of alkyl halides is 3. The number of aromatic nitrogens is 1. The van der Waals surface area contributed by atoms with Crippen LogP contribution in [0, 0.1) is 5.92 Å². The van der Waals surface area contributed by atoms with Crippen LogP contribution in [0.25, 0.3) is 0 Å². The minimum Gasteiger partial charge on any atom is -0.383 e. The maximum atomic E-state index is 13.9. The molecular formula is C25H28F3N5O2. The number of methoxy groups -OCH3 is 1. The summed E-state index contributed by atoms with van der Waals surface area (Å²) in [5, 5.41) is 0. The number of pyridine rings is 1. The van der Waals surface area contributed by atoms with Gasteiger partial charge in [0.1, 0.15) is 0 Å². The zero-order valence-corrected chi connectivity index (χ0v) is 19.5. The van der Waals surface area contributed by atoms with Gasteiger partial charge in [-0.2, -0.15) is 13.2 Å². The summed E-state index contributed by atoms with van der Waals surface area (Å²) in [6, 6.07) is 7.70. The van der Waals surface area contributed by atoms with Gasteiger partial charge >= 0.3 is 6.18 Å². The first-order valence-electron chi connectivity index (χ1n) is 11.8. The van der Waals surface area contributed by atoms with Crippen LogP contribution in [0.5, 0.6) is 0 Å². The van der Waals surface area contributed by atoms with Crippen molar-refractivity contribution in [2.45, 2.75) is 50.5 Å². The van der Waals surface area contributed by atoms with E-state index in [2.05, 4.69) is 14.9 Å². The Kier molecular flexibility index (Phi) is 6.16. The van der Waals surface area contributed by atoms with Crippen molar-refractivity contribution in [3.05, 3.63) is 58.9 Å². The molecule has 1 aromatic carbocycles. The standard InChI is InChI=1S/C25H28F3N5O2/c1-35-14-22(15-4-5-15)33(13-18-8-7-17(12-30-18)25(26,27)28)23(34)16-6-9-20-19(11-16)21-3-2-10-32(21)24(29)31-20/h6-9,11-12,15,21-22H,2-5,10,13-14H2,1H3,(H2,29,31)/t21?,22-/m0/s1. The molecular weight excluding hydrogens is 459 g/mol. The van der Waals surface area contributed by atoms with Crippen LogP contribution in [0.1, 0.15) is 58.9 Å². The highest BCUT2D eigenvalue weighted by Crippen LogP contribution is 2.42. The lowest BCUT2D eigenvalue weighted by Crippen LogP contribution is -2.44. The van der Waals surface area contributed by atoms with Crippen LogP contribution in [0.15, 0.2) is 41.5 Å². The van der Waals surface area contributed by atoms with Crippen LogP contribution in [-0.4, -0.2) is 53.0 Å². The van der Waals surface area contributed by atoms with Crippen molar-refractivity contribution in [1.82, 2.24) is 14.8 Å². The summed E-state index contributed by atoms with van der Waals surface area (Å²) in [5.74, 6) is 0.596. The summed E-state index contributed by atoms with van der Waals surface area (Å²) in [5.41, 5.74) is 7.97. The average Bonchev–Trinajstić information content (AvgIpc) is 3.55. The first kappa shape index (κ1) is 23.6. The second kappa shape index (κ2) is 9.14. The Morgan fingerprint density at radius 1 is 1.26 bits per heavy atom. The summed E-state index contributed by atoms with van der Waals surface area (Å²) in [6.07, 6.45) is 0.254. The van der Waals surface area contributed by atoms with E-state index in [1.165, 1.54) is 6.07 Å². The molecule has 3 aliphatic rings. The Morgan fingerprint density at radius 2 is 2.06 bits per heavy atom. The molecule has 186 valence electrons. The second-order valence-electron chi connectivity index (χ2n) is 9.42. The van der Waals surface area contributed by atoms with E-state index in [1.807, 2.05) is 12.1 Å². The van der Waals surface area contributed by atoms with Gasteiger partial charge in [0.15, 0.2) is 5.96 Å². The third-order valence-corrected chi connectivity index (χ3v) is 7.06. The second-order valence-corrected chi connectivity index (χ2v) is 9.42. The van der Waals surface area contributed by atoms with E-state index < -0.39 is 11.7 Å². The van der Waals surface area contributed by atoms with E-state index in [9.17, 15) is 18.0 Å². The number of aliphatic imine (C=N–C) groups is 1. The molecule has 0 bridgehead atoms. The first-order chi connectivity index (χ1) is 16.8. The van der Waals surface area contributed by atoms with Crippen molar-refractivity contribution >= 4 is 17.6 Å². The van der Waals surface area contributed by atoms with Crippen LogP contribution in [0.4, 0.5) is 18.9 Å². The molecule has 0 radical (unpaired) electrons. The lowest BCUT2D eigenvalue weighted by atomic mass is 9.97. The van der Waals surface area contributed by atoms with Crippen LogP contribution in [0.2, 0.25) is 0 Å². The van der Waals surface area contributed by atoms with Gasteiger partial charge in [-0.3, -0.25) is 9.78 Å². The number of hydrogen-bond acceptors (Lipinski definition) is 6. The van der Waals surface area contributed by atoms with Crippen molar-refractivity contribution in [1.29, 1.82) is 0 Å².